The highest BCUT2D eigenvalue weighted by Gasteiger charge is 2.08. The quantitative estimate of drug-likeness (QED) is 0.569. The van der Waals surface area contributed by atoms with Gasteiger partial charge in [-0.2, -0.15) is 9.73 Å². The molecular weight excluding hydrogens is 174 g/mol. The van der Waals surface area contributed by atoms with Crippen molar-refractivity contribution in [3.63, 3.8) is 0 Å². The van der Waals surface area contributed by atoms with E-state index in [0.717, 1.165) is 4.52 Å². The van der Waals surface area contributed by atoms with Gasteiger partial charge in [-0.1, -0.05) is 12.1 Å². The first-order valence-electron chi connectivity index (χ1n) is 3.79. The molecule has 0 amide bonds. The predicted octanol–water partition coefficient (Wildman–Crippen LogP) is -1.33. The van der Waals surface area contributed by atoms with E-state index in [1.807, 2.05) is 6.92 Å². The monoisotopic (exact) mass is 181 g/mol. The molecular formula is C6H7N5O2. The highest BCUT2D eigenvalue weighted by molar-refractivity contribution is 5.43. The van der Waals surface area contributed by atoms with E-state index in [1.54, 1.807) is 0 Å². The van der Waals surface area contributed by atoms with E-state index in [4.69, 9.17) is 0 Å². The second-order valence-electron chi connectivity index (χ2n) is 2.55. The molecule has 2 rings (SSSR count). The number of aryl methyl sites for hydroxylation is 1. The first-order chi connectivity index (χ1) is 6.24. The van der Waals surface area contributed by atoms with Crippen molar-refractivity contribution < 1.29 is 0 Å². The molecule has 2 aromatic rings. The Morgan fingerprint density at radius 1 is 1.46 bits per heavy atom. The molecule has 0 radical (unpaired) electrons. The molecule has 0 spiro atoms. The van der Waals surface area contributed by atoms with Gasteiger partial charge < -0.3 is 0 Å². The molecule has 0 aliphatic carbocycles. The summed E-state index contributed by atoms with van der Waals surface area (Å²) in [5.74, 6) is 0. The van der Waals surface area contributed by atoms with Crippen molar-refractivity contribution in [1.82, 2.24) is 25.0 Å². The van der Waals surface area contributed by atoms with Gasteiger partial charge in [-0.05, 0) is 6.42 Å². The van der Waals surface area contributed by atoms with Crippen molar-refractivity contribution >= 4 is 5.65 Å². The first kappa shape index (κ1) is 7.71. The third-order valence-electron chi connectivity index (χ3n) is 1.82. The van der Waals surface area contributed by atoms with Crippen molar-refractivity contribution in [2.45, 2.75) is 13.3 Å². The zero-order valence-electron chi connectivity index (χ0n) is 6.87. The number of hydrogen-bond acceptors (Lipinski definition) is 4. The van der Waals surface area contributed by atoms with Crippen LogP contribution in [0.3, 0.4) is 0 Å². The third-order valence-corrected chi connectivity index (χ3v) is 1.82. The molecule has 2 N–H and O–H groups in total. The van der Waals surface area contributed by atoms with Crippen LogP contribution in [0, 0.1) is 0 Å². The second-order valence-corrected chi connectivity index (χ2v) is 2.55. The Bertz CT molecular complexity index is 548. The molecule has 0 aliphatic heterocycles. The number of nitrogens with one attached hydrogen (secondary N) is 2. The van der Waals surface area contributed by atoms with E-state index in [2.05, 4.69) is 20.5 Å². The molecule has 13 heavy (non-hydrogen) atoms. The number of fused-ring (bicyclic) bond motifs is 1. The average Bonchev–Trinajstić information content (AvgIpc) is 2.53. The van der Waals surface area contributed by atoms with E-state index in [0.29, 0.717) is 12.0 Å². The number of tetrazole rings is 1. The smallest absolute Gasteiger partial charge is 0.272 e. The highest BCUT2D eigenvalue weighted by Crippen LogP contribution is 1.96. The number of nitrogens with zero attached hydrogens (tertiary/aromatic N) is 3. The Balaban J connectivity index is 3.06. The summed E-state index contributed by atoms with van der Waals surface area (Å²) in [6.45, 7) is 1.81. The molecule has 0 aliphatic rings. The SMILES string of the molecule is CCc1c(=O)[nH]c(=O)n2[nH]nnc12. The average molecular weight is 181 g/mol. The summed E-state index contributed by atoms with van der Waals surface area (Å²) in [7, 11) is 0. The van der Waals surface area contributed by atoms with Crippen LogP contribution in [0.25, 0.3) is 5.65 Å². The van der Waals surface area contributed by atoms with Crippen molar-refractivity contribution in [3.8, 4) is 0 Å². The Hall–Kier alpha value is -1.92. The van der Waals surface area contributed by atoms with Crippen LogP contribution in [0.5, 0.6) is 0 Å². The van der Waals surface area contributed by atoms with Crippen molar-refractivity contribution in [3.05, 3.63) is 26.4 Å². The third kappa shape index (κ3) is 0.968. The molecule has 68 valence electrons. The Kier molecular flexibility index (Phi) is 1.51. The van der Waals surface area contributed by atoms with Crippen LogP contribution in [0.2, 0.25) is 0 Å². The molecule has 0 unspecified atom stereocenters. The molecule has 7 nitrogen and oxygen atoms in total. The molecule has 0 aromatic carbocycles. The Morgan fingerprint density at radius 2 is 2.23 bits per heavy atom. The molecule has 2 aromatic heterocycles. The van der Waals surface area contributed by atoms with Gasteiger partial charge in [-0.3, -0.25) is 9.78 Å². The van der Waals surface area contributed by atoms with Crippen LogP contribution in [0.15, 0.2) is 9.59 Å². The summed E-state index contributed by atoms with van der Waals surface area (Å²) in [5.41, 5.74) is -0.215. The first-order valence-corrected chi connectivity index (χ1v) is 3.79. The zero-order chi connectivity index (χ0) is 9.42. The van der Waals surface area contributed by atoms with Crippen LogP contribution < -0.4 is 11.2 Å². The fourth-order valence-electron chi connectivity index (χ4n) is 1.19. The van der Waals surface area contributed by atoms with E-state index < -0.39 is 11.2 Å². The number of H-pyrrole nitrogens is 2. The normalized spacial score (nSPS) is 10.8. The maximum atomic E-state index is 11.2. The number of hydrogen-bond donors (Lipinski definition) is 2. The van der Waals surface area contributed by atoms with E-state index in [9.17, 15) is 9.59 Å². The lowest BCUT2D eigenvalue weighted by Gasteiger charge is -1.94. The summed E-state index contributed by atoms with van der Waals surface area (Å²) in [6, 6.07) is 0. The maximum Gasteiger partial charge on any atom is 0.350 e. The lowest BCUT2D eigenvalue weighted by Crippen LogP contribution is -2.29. The summed E-state index contributed by atoms with van der Waals surface area (Å²) >= 11 is 0. The predicted molar refractivity (Wildman–Crippen MR) is 43.6 cm³/mol. The summed E-state index contributed by atoms with van der Waals surface area (Å²) in [5, 5.41) is 9.45. The van der Waals surface area contributed by atoms with Gasteiger partial charge >= 0.3 is 5.69 Å². The Morgan fingerprint density at radius 3 is 2.92 bits per heavy atom. The van der Waals surface area contributed by atoms with Crippen LogP contribution in [0.1, 0.15) is 12.5 Å². The summed E-state index contributed by atoms with van der Waals surface area (Å²) < 4.78 is 1.10. The topological polar surface area (TPSA) is 95.9 Å². The minimum atomic E-state index is -0.554. The lowest BCUT2D eigenvalue weighted by molar-refractivity contribution is 0.772. The summed E-state index contributed by atoms with van der Waals surface area (Å²) in [6.07, 6.45) is 0.506. The number of rotatable bonds is 1. The van der Waals surface area contributed by atoms with Crippen LogP contribution in [-0.2, 0) is 6.42 Å². The minimum Gasteiger partial charge on any atom is -0.272 e. The lowest BCUT2D eigenvalue weighted by atomic mass is 10.2. The maximum absolute atomic E-state index is 11.2. The van der Waals surface area contributed by atoms with Gasteiger partial charge in [0.25, 0.3) is 5.56 Å². The van der Waals surface area contributed by atoms with Gasteiger partial charge in [0.1, 0.15) is 0 Å². The van der Waals surface area contributed by atoms with Crippen molar-refractivity contribution in [2.24, 2.45) is 0 Å². The van der Waals surface area contributed by atoms with Crippen molar-refractivity contribution in [1.29, 1.82) is 0 Å². The van der Waals surface area contributed by atoms with Gasteiger partial charge in [-0.25, -0.2) is 4.79 Å². The summed E-state index contributed by atoms with van der Waals surface area (Å²) in [4.78, 5) is 24.5. The van der Waals surface area contributed by atoms with Gasteiger partial charge in [-0.15, -0.1) is 5.10 Å². The van der Waals surface area contributed by atoms with Gasteiger partial charge in [0.05, 0.1) is 5.56 Å². The van der Waals surface area contributed by atoms with Gasteiger partial charge in [0, 0.05) is 0 Å². The van der Waals surface area contributed by atoms with Crippen LogP contribution in [0.4, 0.5) is 0 Å². The van der Waals surface area contributed by atoms with Crippen molar-refractivity contribution in [2.75, 3.05) is 0 Å². The van der Waals surface area contributed by atoms with Crippen LogP contribution >= 0.6 is 0 Å². The number of aromatic nitrogens is 5. The fourth-order valence-corrected chi connectivity index (χ4v) is 1.19. The zero-order valence-corrected chi connectivity index (χ0v) is 6.87. The standard InChI is InChI=1S/C6H7N5O2/c1-2-3-4-8-9-10-11(4)6(13)7-5(3)12/h2H2,1H3,(H,8,10)(H,7,12,13). The molecule has 0 saturated carbocycles. The molecule has 0 bridgehead atoms. The van der Waals surface area contributed by atoms with E-state index >= 15 is 0 Å². The second kappa shape index (κ2) is 2.54. The van der Waals surface area contributed by atoms with Crippen LogP contribution in [-0.4, -0.2) is 25.0 Å². The van der Waals surface area contributed by atoms with E-state index in [-0.39, 0.29) is 5.65 Å². The Labute approximate surface area is 71.4 Å². The molecule has 0 saturated heterocycles. The van der Waals surface area contributed by atoms with E-state index in [1.165, 1.54) is 0 Å². The van der Waals surface area contributed by atoms with Gasteiger partial charge in [0.15, 0.2) is 5.65 Å². The molecule has 7 heteroatoms. The molecule has 2 heterocycles. The minimum absolute atomic E-state index is 0.288. The largest absolute Gasteiger partial charge is 0.350 e. The highest BCUT2D eigenvalue weighted by atomic mass is 16.2. The molecule has 0 fully saturated rings. The molecule has 0 atom stereocenters. The fraction of sp³-hybridized carbons (Fsp3) is 0.333. The number of aromatic amines is 2. The van der Waals surface area contributed by atoms with Gasteiger partial charge in [0.2, 0.25) is 0 Å².